The van der Waals surface area contributed by atoms with E-state index in [1.807, 2.05) is 6.07 Å². The van der Waals surface area contributed by atoms with Crippen molar-refractivity contribution >= 4 is 17.4 Å². The van der Waals surface area contributed by atoms with E-state index in [0.29, 0.717) is 0 Å². The molecule has 0 amide bonds. The molecule has 1 unspecified atom stereocenters. The molecule has 5 nitrogen and oxygen atoms in total. The quantitative estimate of drug-likeness (QED) is 0.607. The SMILES string of the molecule is C/C=C1/CN2[C@@H](OC)C[C@]34C(=Nc5ccccc53)[C@@H]2C[C@H]1C4C(=O)OC. The number of methoxy groups -OCH3 is 2. The third-order valence-electron chi connectivity index (χ3n) is 7.01. The smallest absolute Gasteiger partial charge is 0.310 e. The summed E-state index contributed by atoms with van der Waals surface area (Å²) in [5.74, 6) is -0.156. The molecule has 1 aromatic rings. The number of carbonyl (C=O) groups is 1. The van der Waals surface area contributed by atoms with E-state index >= 15 is 0 Å². The van der Waals surface area contributed by atoms with Crippen molar-refractivity contribution in [2.24, 2.45) is 16.8 Å². The maximum atomic E-state index is 13.1. The van der Waals surface area contributed by atoms with Crippen molar-refractivity contribution in [1.29, 1.82) is 0 Å². The molecule has 0 aromatic heterocycles. The Hall–Kier alpha value is -1.98. The van der Waals surface area contributed by atoms with Crippen LogP contribution in [-0.2, 0) is 19.7 Å². The highest BCUT2D eigenvalue weighted by Gasteiger charge is 2.67. The Balaban J connectivity index is 1.80. The van der Waals surface area contributed by atoms with Crippen LogP contribution in [0.15, 0.2) is 40.9 Å². The average Bonchev–Trinajstić information content (AvgIpc) is 3.02. The van der Waals surface area contributed by atoms with Crippen molar-refractivity contribution in [3.63, 3.8) is 0 Å². The molecule has 3 aliphatic heterocycles. The highest BCUT2D eigenvalue weighted by atomic mass is 16.5. The molecular formula is C21H24N2O3. The van der Waals surface area contributed by atoms with E-state index < -0.39 is 5.41 Å². The zero-order valence-corrected chi connectivity index (χ0v) is 15.4. The van der Waals surface area contributed by atoms with Gasteiger partial charge in [-0.25, -0.2) is 0 Å². The minimum absolute atomic E-state index is 0.0199. The lowest BCUT2D eigenvalue weighted by Gasteiger charge is -2.61. The largest absolute Gasteiger partial charge is 0.469 e. The molecule has 2 saturated heterocycles. The Kier molecular flexibility index (Phi) is 3.43. The fraction of sp³-hybridized carbons (Fsp3) is 0.524. The van der Waals surface area contributed by atoms with E-state index in [2.05, 4.69) is 36.1 Å². The summed E-state index contributed by atoms with van der Waals surface area (Å²) in [6.07, 6.45) is 3.82. The number of benzene rings is 1. The molecule has 3 heterocycles. The summed E-state index contributed by atoms with van der Waals surface area (Å²) in [6.45, 7) is 2.91. The zero-order chi connectivity index (χ0) is 18.1. The van der Waals surface area contributed by atoms with Gasteiger partial charge in [-0.2, -0.15) is 0 Å². The number of ether oxygens (including phenoxy) is 2. The first-order chi connectivity index (χ1) is 12.7. The molecule has 3 bridgehead atoms. The molecule has 5 rings (SSSR count). The molecule has 5 atom stereocenters. The van der Waals surface area contributed by atoms with Crippen molar-refractivity contribution in [3.8, 4) is 0 Å². The van der Waals surface area contributed by atoms with E-state index in [-0.39, 0.29) is 30.1 Å². The summed E-state index contributed by atoms with van der Waals surface area (Å²) < 4.78 is 11.3. The number of para-hydroxylation sites is 1. The molecule has 3 fully saturated rings. The topological polar surface area (TPSA) is 51.1 Å². The number of carbonyl (C=O) groups excluding carboxylic acids is 1. The molecule has 1 aliphatic carbocycles. The fourth-order valence-electron chi connectivity index (χ4n) is 6.00. The van der Waals surface area contributed by atoms with E-state index in [4.69, 9.17) is 14.5 Å². The molecule has 4 aliphatic rings. The van der Waals surface area contributed by atoms with Gasteiger partial charge < -0.3 is 9.47 Å². The van der Waals surface area contributed by atoms with Crippen LogP contribution in [0.5, 0.6) is 0 Å². The Morgan fingerprint density at radius 2 is 2.15 bits per heavy atom. The summed E-state index contributed by atoms with van der Waals surface area (Å²) in [5, 5.41) is 0. The number of rotatable bonds is 2. The number of allylic oxidation sites excluding steroid dienone is 1. The average molecular weight is 352 g/mol. The maximum Gasteiger partial charge on any atom is 0.310 e. The van der Waals surface area contributed by atoms with Crippen molar-refractivity contribution in [2.75, 3.05) is 20.8 Å². The molecule has 1 saturated carbocycles. The third kappa shape index (κ3) is 1.78. The summed E-state index contributed by atoms with van der Waals surface area (Å²) in [5.41, 5.74) is 4.22. The van der Waals surface area contributed by atoms with Crippen LogP contribution in [0, 0.1) is 11.8 Å². The molecule has 136 valence electrons. The highest BCUT2D eigenvalue weighted by molar-refractivity contribution is 6.09. The van der Waals surface area contributed by atoms with E-state index in [9.17, 15) is 4.79 Å². The lowest BCUT2D eigenvalue weighted by atomic mass is 9.50. The molecule has 26 heavy (non-hydrogen) atoms. The maximum absolute atomic E-state index is 13.1. The van der Waals surface area contributed by atoms with Crippen LogP contribution < -0.4 is 0 Å². The Labute approximate surface area is 153 Å². The van der Waals surface area contributed by atoms with Crippen LogP contribution in [-0.4, -0.2) is 49.6 Å². The van der Waals surface area contributed by atoms with Crippen molar-refractivity contribution < 1.29 is 14.3 Å². The number of nitrogens with zero attached hydrogens (tertiary/aromatic N) is 2. The number of piperidine rings is 2. The lowest BCUT2D eigenvalue weighted by molar-refractivity contribution is -0.158. The molecular weight excluding hydrogens is 328 g/mol. The zero-order valence-electron chi connectivity index (χ0n) is 15.4. The standard InChI is InChI=1S/C21H24N2O3/c1-4-12-11-23-16-9-13(12)18(20(24)26-3)21(10-17(23)25-2)14-7-5-6-8-15(14)22-19(16)21/h4-8,13,16-18H,9-11H2,1-3H3/b12-4-/t13-,16+,17+,18?,21+/m1/s1. The summed E-state index contributed by atoms with van der Waals surface area (Å²) in [7, 11) is 3.28. The lowest BCUT2D eigenvalue weighted by Crippen LogP contribution is -2.71. The van der Waals surface area contributed by atoms with Gasteiger partial charge in [0, 0.05) is 25.8 Å². The van der Waals surface area contributed by atoms with Crippen LogP contribution >= 0.6 is 0 Å². The van der Waals surface area contributed by atoms with Crippen LogP contribution in [0.3, 0.4) is 0 Å². The Bertz CT molecular complexity index is 845. The van der Waals surface area contributed by atoms with Crippen molar-refractivity contribution in [2.45, 2.75) is 37.5 Å². The van der Waals surface area contributed by atoms with Gasteiger partial charge in [-0.05, 0) is 30.9 Å². The van der Waals surface area contributed by atoms with Crippen LogP contribution in [0.4, 0.5) is 5.69 Å². The van der Waals surface area contributed by atoms with Gasteiger partial charge in [0.05, 0.1) is 30.2 Å². The van der Waals surface area contributed by atoms with Gasteiger partial charge in [0.2, 0.25) is 0 Å². The second kappa shape index (κ2) is 5.51. The number of aliphatic imine (C=N–C) groups is 1. The minimum Gasteiger partial charge on any atom is -0.469 e. The normalized spacial score (nSPS) is 38.7. The number of esters is 1. The summed E-state index contributed by atoms with van der Waals surface area (Å²) in [6, 6.07) is 8.51. The predicted octanol–water partition coefficient (Wildman–Crippen LogP) is 2.83. The van der Waals surface area contributed by atoms with Gasteiger partial charge in [-0.3, -0.25) is 14.7 Å². The monoisotopic (exact) mass is 352 g/mol. The van der Waals surface area contributed by atoms with Gasteiger partial charge >= 0.3 is 5.97 Å². The first kappa shape index (κ1) is 16.2. The Morgan fingerprint density at radius 3 is 2.88 bits per heavy atom. The van der Waals surface area contributed by atoms with Crippen LogP contribution in [0.2, 0.25) is 0 Å². The third-order valence-corrected chi connectivity index (χ3v) is 7.01. The fourth-order valence-corrected chi connectivity index (χ4v) is 6.00. The minimum atomic E-state index is -0.414. The second-order valence-electron chi connectivity index (χ2n) is 7.77. The van der Waals surface area contributed by atoms with Gasteiger partial charge in [-0.15, -0.1) is 0 Å². The summed E-state index contributed by atoms with van der Waals surface area (Å²) in [4.78, 5) is 20.6. The van der Waals surface area contributed by atoms with Gasteiger partial charge in [0.1, 0.15) is 6.23 Å². The van der Waals surface area contributed by atoms with Crippen LogP contribution in [0.1, 0.15) is 25.3 Å². The van der Waals surface area contributed by atoms with Gasteiger partial charge in [0.25, 0.3) is 0 Å². The molecule has 1 aromatic carbocycles. The molecule has 0 spiro atoms. The number of hydrogen-bond donors (Lipinski definition) is 0. The molecule has 0 radical (unpaired) electrons. The Morgan fingerprint density at radius 1 is 1.35 bits per heavy atom. The van der Waals surface area contributed by atoms with E-state index in [1.54, 1.807) is 7.11 Å². The first-order valence-electron chi connectivity index (χ1n) is 9.35. The number of fused-ring (bicyclic) bond motifs is 2. The van der Waals surface area contributed by atoms with E-state index in [1.165, 1.54) is 18.2 Å². The van der Waals surface area contributed by atoms with E-state index in [0.717, 1.165) is 30.8 Å². The van der Waals surface area contributed by atoms with Gasteiger partial charge in [-0.1, -0.05) is 29.8 Å². The number of hydrogen-bond acceptors (Lipinski definition) is 5. The van der Waals surface area contributed by atoms with Crippen molar-refractivity contribution in [1.82, 2.24) is 4.90 Å². The highest BCUT2D eigenvalue weighted by Crippen LogP contribution is 2.61. The second-order valence-corrected chi connectivity index (χ2v) is 7.77. The molecule has 5 heteroatoms. The first-order valence-corrected chi connectivity index (χ1v) is 9.35. The predicted molar refractivity (Wildman–Crippen MR) is 98.5 cm³/mol. The van der Waals surface area contributed by atoms with Gasteiger partial charge in [0.15, 0.2) is 0 Å². The van der Waals surface area contributed by atoms with Crippen molar-refractivity contribution in [3.05, 3.63) is 41.5 Å². The summed E-state index contributed by atoms with van der Waals surface area (Å²) >= 11 is 0. The molecule has 0 N–H and O–H groups in total. The van der Waals surface area contributed by atoms with Crippen LogP contribution in [0.25, 0.3) is 0 Å².